The number of amidine groups is 1. The van der Waals surface area contributed by atoms with E-state index in [1.54, 1.807) is 13.0 Å². The second kappa shape index (κ2) is 8.20. The van der Waals surface area contributed by atoms with Crippen LogP contribution in [0.4, 0.5) is 0 Å². The first-order valence-electron chi connectivity index (χ1n) is 7.94. The molecule has 0 spiro atoms. The Labute approximate surface area is 142 Å². The number of nitrogens with two attached hydrogens (primary N) is 1. The van der Waals surface area contributed by atoms with Crippen LogP contribution in [0.15, 0.2) is 28.3 Å². The van der Waals surface area contributed by atoms with E-state index in [0.717, 1.165) is 24.5 Å². The van der Waals surface area contributed by atoms with Gasteiger partial charge in [-0.1, -0.05) is 23.7 Å². The molecule has 23 heavy (non-hydrogen) atoms. The van der Waals surface area contributed by atoms with Crippen LogP contribution in [0.3, 0.4) is 0 Å². The van der Waals surface area contributed by atoms with Gasteiger partial charge in [0.05, 0.1) is 17.3 Å². The lowest BCUT2D eigenvalue weighted by atomic mass is 10.2. The molecule has 0 saturated heterocycles. The van der Waals surface area contributed by atoms with Crippen molar-refractivity contribution in [2.45, 2.75) is 46.3 Å². The number of rotatable bonds is 8. The molecule has 1 fully saturated rings. The summed E-state index contributed by atoms with van der Waals surface area (Å²) in [7, 11) is 0. The molecule has 2 N–H and O–H groups in total. The lowest BCUT2D eigenvalue weighted by molar-refractivity contribution is 0.0786. The SMILES string of the molecule is CC/C(C)=N\OC(C)/N=C(\N)c1cc(OCC2CC2)ccc1Cl. The molecule has 0 bridgehead atoms. The van der Waals surface area contributed by atoms with Gasteiger partial charge in [-0.05, 0) is 57.2 Å². The monoisotopic (exact) mass is 337 g/mol. The van der Waals surface area contributed by atoms with Gasteiger partial charge >= 0.3 is 0 Å². The van der Waals surface area contributed by atoms with Crippen LogP contribution < -0.4 is 10.5 Å². The van der Waals surface area contributed by atoms with Gasteiger partial charge in [-0.15, -0.1) is 0 Å². The molecule has 2 rings (SSSR count). The highest BCUT2D eigenvalue weighted by atomic mass is 35.5. The predicted octanol–water partition coefficient (Wildman–Crippen LogP) is 3.98. The summed E-state index contributed by atoms with van der Waals surface area (Å²) in [5.41, 5.74) is 7.60. The van der Waals surface area contributed by atoms with E-state index in [1.165, 1.54) is 12.8 Å². The van der Waals surface area contributed by atoms with Crippen LogP contribution in [0.2, 0.25) is 5.02 Å². The van der Waals surface area contributed by atoms with Gasteiger partial charge in [-0.3, -0.25) is 0 Å². The van der Waals surface area contributed by atoms with Crippen molar-refractivity contribution in [3.63, 3.8) is 0 Å². The highest BCUT2D eigenvalue weighted by Gasteiger charge is 2.22. The number of benzene rings is 1. The molecule has 126 valence electrons. The Balaban J connectivity index is 2.05. The van der Waals surface area contributed by atoms with E-state index < -0.39 is 6.23 Å². The summed E-state index contributed by atoms with van der Waals surface area (Å²) in [4.78, 5) is 9.58. The van der Waals surface area contributed by atoms with Crippen LogP contribution in [0.1, 0.15) is 45.6 Å². The van der Waals surface area contributed by atoms with Gasteiger partial charge < -0.3 is 15.3 Å². The van der Waals surface area contributed by atoms with Crippen LogP contribution in [-0.2, 0) is 4.84 Å². The van der Waals surface area contributed by atoms with Crippen molar-refractivity contribution >= 4 is 23.1 Å². The molecule has 5 nitrogen and oxygen atoms in total. The summed E-state index contributed by atoms with van der Waals surface area (Å²) in [6.45, 7) is 6.43. The average Bonchev–Trinajstić information content (AvgIpc) is 3.35. The van der Waals surface area contributed by atoms with E-state index in [2.05, 4.69) is 10.1 Å². The Morgan fingerprint density at radius 1 is 1.43 bits per heavy atom. The van der Waals surface area contributed by atoms with Gasteiger partial charge in [-0.2, -0.15) is 0 Å². The fourth-order valence-corrected chi connectivity index (χ4v) is 2.02. The van der Waals surface area contributed by atoms with E-state index in [4.69, 9.17) is 26.9 Å². The van der Waals surface area contributed by atoms with Crippen LogP contribution in [-0.4, -0.2) is 24.4 Å². The smallest absolute Gasteiger partial charge is 0.216 e. The summed E-state index contributed by atoms with van der Waals surface area (Å²) < 4.78 is 5.75. The number of halogens is 1. The van der Waals surface area contributed by atoms with Crippen molar-refractivity contribution in [2.75, 3.05) is 6.61 Å². The minimum atomic E-state index is -0.483. The molecular weight excluding hydrogens is 314 g/mol. The maximum absolute atomic E-state index is 6.21. The zero-order chi connectivity index (χ0) is 16.8. The van der Waals surface area contributed by atoms with E-state index in [-0.39, 0.29) is 0 Å². The van der Waals surface area contributed by atoms with E-state index in [1.807, 2.05) is 26.0 Å². The zero-order valence-corrected chi connectivity index (χ0v) is 14.6. The average molecular weight is 338 g/mol. The van der Waals surface area contributed by atoms with Gasteiger partial charge in [0, 0.05) is 5.56 Å². The zero-order valence-electron chi connectivity index (χ0n) is 13.9. The molecule has 1 aromatic rings. The third kappa shape index (κ3) is 5.75. The molecule has 1 unspecified atom stereocenters. The fourth-order valence-electron chi connectivity index (χ4n) is 1.81. The minimum Gasteiger partial charge on any atom is -0.493 e. The molecule has 0 amide bonds. The molecule has 0 aliphatic heterocycles. The van der Waals surface area contributed by atoms with Crippen molar-refractivity contribution in [1.82, 2.24) is 0 Å². The highest BCUT2D eigenvalue weighted by molar-refractivity contribution is 6.34. The lowest BCUT2D eigenvalue weighted by Crippen LogP contribution is -2.18. The van der Waals surface area contributed by atoms with Crippen LogP contribution >= 0.6 is 11.6 Å². The second-order valence-electron chi connectivity index (χ2n) is 5.80. The number of hydrogen-bond donors (Lipinski definition) is 1. The quantitative estimate of drug-likeness (QED) is 0.443. The molecule has 1 saturated carbocycles. The lowest BCUT2D eigenvalue weighted by Gasteiger charge is -2.11. The first kappa shape index (κ1) is 17.6. The first-order valence-corrected chi connectivity index (χ1v) is 8.32. The molecule has 1 aliphatic rings. The van der Waals surface area contributed by atoms with E-state index in [9.17, 15) is 0 Å². The largest absolute Gasteiger partial charge is 0.493 e. The maximum atomic E-state index is 6.21. The normalized spacial score (nSPS) is 17.0. The van der Waals surface area contributed by atoms with Gasteiger partial charge in [0.15, 0.2) is 0 Å². The highest BCUT2D eigenvalue weighted by Crippen LogP contribution is 2.30. The molecule has 1 aromatic carbocycles. The molecule has 0 radical (unpaired) electrons. The Morgan fingerprint density at radius 3 is 2.83 bits per heavy atom. The van der Waals surface area contributed by atoms with Crippen molar-refractivity contribution in [1.29, 1.82) is 0 Å². The van der Waals surface area contributed by atoms with Gasteiger partial charge in [0.2, 0.25) is 6.23 Å². The third-order valence-corrected chi connectivity index (χ3v) is 3.92. The van der Waals surface area contributed by atoms with Crippen LogP contribution in [0.5, 0.6) is 5.75 Å². The van der Waals surface area contributed by atoms with E-state index in [0.29, 0.717) is 22.3 Å². The predicted molar refractivity (Wildman–Crippen MR) is 94.3 cm³/mol. The van der Waals surface area contributed by atoms with Crippen molar-refractivity contribution in [2.24, 2.45) is 21.8 Å². The molecule has 0 aromatic heterocycles. The summed E-state index contributed by atoms with van der Waals surface area (Å²) >= 11 is 6.21. The Bertz CT molecular complexity index is 598. The fraction of sp³-hybridized carbons (Fsp3) is 0.529. The number of nitrogens with zero attached hydrogens (tertiary/aromatic N) is 2. The van der Waals surface area contributed by atoms with Crippen molar-refractivity contribution < 1.29 is 9.57 Å². The summed E-state index contributed by atoms with van der Waals surface area (Å²) in [6, 6.07) is 5.43. The summed E-state index contributed by atoms with van der Waals surface area (Å²) in [5, 5.41) is 4.51. The molecule has 6 heteroatoms. The third-order valence-electron chi connectivity index (χ3n) is 3.59. The van der Waals surface area contributed by atoms with Crippen LogP contribution in [0.25, 0.3) is 0 Å². The minimum absolute atomic E-state index is 0.309. The first-order chi connectivity index (χ1) is 11.0. The molecular formula is C17H24ClN3O2. The standard InChI is InChI=1S/C17H24ClN3O2/c1-4-11(2)21-23-12(3)20-17(19)15-9-14(7-8-16(15)18)22-10-13-5-6-13/h7-9,12-13H,4-6,10H2,1-3H3,(H2,19,20)/b21-11-. The molecule has 1 atom stereocenters. The Kier molecular flexibility index (Phi) is 6.28. The van der Waals surface area contributed by atoms with E-state index >= 15 is 0 Å². The number of hydrogen-bond acceptors (Lipinski definition) is 4. The van der Waals surface area contributed by atoms with Crippen molar-refractivity contribution in [3.8, 4) is 5.75 Å². The van der Waals surface area contributed by atoms with Gasteiger partial charge in [-0.25, -0.2) is 4.99 Å². The number of aliphatic imine (C=N–C) groups is 1. The second-order valence-corrected chi connectivity index (χ2v) is 6.20. The van der Waals surface area contributed by atoms with Crippen LogP contribution in [0, 0.1) is 5.92 Å². The molecule has 1 aliphatic carbocycles. The summed E-state index contributed by atoms with van der Waals surface area (Å²) in [6.07, 6.45) is 2.84. The topological polar surface area (TPSA) is 69.2 Å². The van der Waals surface area contributed by atoms with Gasteiger partial charge in [0.25, 0.3) is 0 Å². The maximum Gasteiger partial charge on any atom is 0.216 e. The number of oxime groups is 1. The number of ether oxygens (including phenoxy) is 1. The Hall–Kier alpha value is -1.75. The van der Waals surface area contributed by atoms with Crippen molar-refractivity contribution in [3.05, 3.63) is 28.8 Å². The summed E-state index contributed by atoms with van der Waals surface area (Å²) in [5.74, 6) is 1.75. The Morgan fingerprint density at radius 2 is 2.17 bits per heavy atom. The van der Waals surface area contributed by atoms with Gasteiger partial charge in [0.1, 0.15) is 11.6 Å². The molecule has 0 heterocycles.